The molecule has 0 spiro atoms. The minimum atomic E-state index is -0.361. The number of hydrogen-bond donors (Lipinski definition) is 2. The Morgan fingerprint density at radius 3 is 2.39 bits per heavy atom. The number of carbonyl (C=O) groups is 1. The molecule has 0 radical (unpaired) electrons. The Hall–Kier alpha value is -3.13. The lowest BCUT2D eigenvalue weighted by atomic mass is 10.1. The van der Waals surface area contributed by atoms with Crippen LogP contribution >= 0.6 is 0 Å². The fourth-order valence-electron chi connectivity index (χ4n) is 3.24. The number of aromatic nitrogens is 3. The maximum Gasteiger partial charge on any atom is 0.410 e. The van der Waals surface area contributed by atoms with Crippen LogP contribution in [-0.4, -0.2) is 51.3 Å². The van der Waals surface area contributed by atoms with Crippen LogP contribution in [0.3, 0.4) is 0 Å². The lowest BCUT2D eigenvalue weighted by Crippen LogP contribution is -2.34. The quantitative estimate of drug-likeness (QED) is 0.661. The lowest BCUT2D eigenvalue weighted by molar-refractivity contribution is 0.0295. The number of imidazole rings is 1. The second-order valence-electron chi connectivity index (χ2n) is 8.46. The smallest absolute Gasteiger partial charge is 0.410 e. The first-order valence-corrected chi connectivity index (χ1v) is 10.6. The van der Waals surface area contributed by atoms with E-state index in [0.717, 1.165) is 54.2 Å². The van der Waals surface area contributed by atoms with Crippen LogP contribution in [0.4, 0.5) is 10.6 Å². The molecule has 8 nitrogen and oxygen atoms in total. The first kappa shape index (κ1) is 22.6. The number of rotatable bonds is 3. The standard InChI is InChI=1S/C14H15N5.C9H17NO2/c1-16-13-6-7-14-17-9-12(19(14)18-13)11-4-2-10(8-15)3-5-11;1-9(2,3)12-8(11)10-6-4-5-7-10/h2-7,9H,8,15H2,1H3,(H,16,18);4-7H2,1-3H3. The van der Waals surface area contributed by atoms with Crippen molar-refractivity contribution in [2.75, 3.05) is 25.5 Å². The summed E-state index contributed by atoms with van der Waals surface area (Å²) < 4.78 is 7.05. The minimum Gasteiger partial charge on any atom is -0.444 e. The van der Waals surface area contributed by atoms with Crippen molar-refractivity contribution in [2.24, 2.45) is 5.73 Å². The molecule has 31 heavy (non-hydrogen) atoms. The van der Waals surface area contributed by atoms with Crippen LogP contribution in [0.2, 0.25) is 0 Å². The third-order valence-corrected chi connectivity index (χ3v) is 4.86. The third-order valence-electron chi connectivity index (χ3n) is 4.86. The Morgan fingerprint density at radius 1 is 1.13 bits per heavy atom. The number of benzene rings is 1. The molecule has 1 amide bonds. The monoisotopic (exact) mass is 424 g/mol. The summed E-state index contributed by atoms with van der Waals surface area (Å²) in [7, 11) is 1.85. The number of carbonyl (C=O) groups excluding carboxylic acids is 1. The molecule has 0 saturated carbocycles. The van der Waals surface area contributed by atoms with Crippen molar-refractivity contribution in [2.45, 2.75) is 45.8 Å². The summed E-state index contributed by atoms with van der Waals surface area (Å²) in [6, 6.07) is 12.0. The molecule has 1 fully saturated rings. The predicted octanol–water partition coefficient (Wildman–Crippen LogP) is 3.91. The molecule has 3 aromatic rings. The van der Waals surface area contributed by atoms with E-state index in [0.29, 0.717) is 6.54 Å². The van der Waals surface area contributed by atoms with Crippen molar-refractivity contribution in [3.8, 4) is 11.3 Å². The Kier molecular flexibility index (Phi) is 7.12. The molecule has 0 bridgehead atoms. The highest BCUT2D eigenvalue weighted by atomic mass is 16.6. The first-order valence-electron chi connectivity index (χ1n) is 10.6. The fourth-order valence-corrected chi connectivity index (χ4v) is 3.24. The number of nitrogens with zero attached hydrogens (tertiary/aromatic N) is 4. The second kappa shape index (κ2) is 9.78. The van der Waals surface area contributed by atoms with Crippen molar-refractivity contribution in [1.82, 2.24) is 19.5 Å². The average molecular weight is 425 g/mol. The van der Waals surface area contributed by atoms with Crippen molar-refractivity contribution in [3.63, 3.8) is 0 Å². The molecule has 166 valence electrons. The highest BCUT2D eigenvalue weighted by Gasteiger charge is 2.23. The largest absolute Gasteiger partial charge is 0.444 e. The zero-order valence-electron chi connectivity index (χ0n) is 18.8. The maximum atomic E-state index is 11.4. The Labute approximate surface area is 183 Å². The summed E-state index contributed by atoms with van der Waals surface area (Å²) in [6.45, 7) is 7.93. The van der Waals surface area contributed by atoms with Gasteiger partial charge in [-0.05, 0) is 51.3 Å². The van der Waals surface area contributed by atoms with E-state index >= 15 is 0 Å². The molecule has 2 aromatic heterocycles. The van der Waals surface area contributed by atoms with Gasteiger partial charge in [-0.3, -0.25) is 0 Å². The molecule has 0 atom stereocenters. The molecular weight excluding hydrogens is 392 g/mol. The predicted molar refractivity (Wildman–Crippen MR) is 123 cm³/mol. The molecule has 0 aliphatic carbocycles. The fraction of sp³-hybridized carbons (Fsp3) is 0.435. The van der Waals surface area contributed by atoms with Crippen molar-refractivity contribution in [1.29, 1.82) is 0 Å². The van der Waals surface area contributed by atoms with Gasteiger partial charge in [0.25, 0.3) is 0 Å². The number of nitrogens with one attached hydrogen (secondary N) is 1. The molecule has 3 heterocycles. The van der Waals surface area contributed by atoms with Gasteiger partial charge in [-0.15, -0.1) is 5.10 Å². The van der Waals surface area contributed by atoms with Crippen LogP contribution < -0.4 is 11.1 Å². The molecule has 1 aliphatic heterocycles. The number of ether oxygens (including phenoxy) is 1. The van der Waals surface area contributed by atoms with E-state index in [1.54, 1.807) is 4.90 Å². The number of nitrogens with two attached hydrogens (primary N) is 1. The van der Waals surface area contributed by atoms with Gasteiger partial charge in [-0.1, -0.05) is 24.3 Å². The highest BCUT2D eigenvalue weighted by molar-refractivity contribution is 5.68. The second-order valence-corrected chi connectivity index (χ2v) is 8.46. The molecule has 1 aromatic carbocycles. The van der Waals surface area contributed by atoms with Crippen molar-refractivity contribution in [3.05, 3.63) is 48.2 Å². The van der Waals surface area contributed by atoms with Crippen LogP contribution in [0.25, 0.3) is 16.9 Å². The van der Waals surface area contributed by atoms with Crippen LogP contribution in [-0.2, 0) is 11.3 Å². The Morgan fingerprint density at radius 2 is 1.81 bits per heavy atom. The Bertz CT molecular complexity index is 1000. The van der Waals surface area contributed by atoms with Gasteiger partial charge >= 0.3 is 6.09 Å². The van der Waals surface area contributed by atoms with Gasteiger partial charge in [0.1, 0.15) is 11.4 Å². The maximum absolute atomic E-state index is 11.4. The van der Waals surface area contributed by atoms with E-state index in [1.165, 1.54) is 0 Å². The number of hydrogen-bond acceptors (Lipinski definition) is 6. The van der Waals surface area contributed by atoms with E-state index in [9.17, 15) is 4.79 Å². The normalized spacial score (nSPS) is 13.6. The van der Waals surface area contributed by atoms with E-state index in [-0.39, 0.29) is 11.7 Å². The topological polar surface area (TPSA) is 97.8 Å². The van der Waals surface area contributed by atoms with Crippen molar-refractivity contribution >= 4 is 17.6 Å². The summed E-state index contributed by atoms with van der Waals surface area (Å²) in [6.07, 6.45) is 3.89. The molecule has 1 aliphatic rings. The SMILES string of the molecule is CC(C)(C)OC(=O)N1CCCC1.CNc1ccc2ncc(-c3ccc(CN)cc3)n2n1. The summed E-state index contributed by atoms with van der Waals surface area (Å²) >= 11 is 0. The molecule has 3 N–H and O–H groups in total. The van der Waals surface area contributed by atoms with Crippen LogP contribution in [0.15, 0.2) is 42.6 Å². The van der Waals surface area contributed by atoms with Gasteiger partial charge in [0.05, 0.1) is 11.9 Å². The summed E-state index contributed by atoms with van der Waals surface area (Å²) in [4.78, 5) is 17.5. The van der Waals surface area contributed by atoms with E-state index in [4.69, 9.17) is 10.5 Å². The zero-order chi connectivity index (χ0) is 22.4. The lowest BCUT2D eigenvalue weighted by Gasteiger charge is -2.23. The van der Waals surface area contributed by atoms with Gasteiger partial charge in [0, 0.05) is 32.2 Å². The molecule has 4 rings (SSSR count). The number of anilines is 1. The van der Waals surface area contributed by atoms with Gasteiger partial charge in [0.15, 0.2) is 5.65 Å². The molecule has 0 unspecified atom stereocenters. The highest BCUT2D eigenvalue weighted by Crippen LogP contribution is 2.21. The molecule has 8 heteroatoms. The van der Waals surface area contributed by atoms with E-state index in [2.05, 4.69) is 15.4 Å². The number of likely N-dealkylation sites (tertiary alicyclic amines) is 1. The van der Waals surface area contributed by atoms with Crippen molar-refractivity contribution < 1.29 is 9.53 Å². The van der Waals surface area contributed by atoms with Crippen LogP contribution in [0.5, 0.6) is 0 Å². The van der Waals surface area contributed by atoms with E-state index < -0.39 is 0 Å². The summed E-state index contributed by atoms with van der Waals surface area (Å²) in [5, 5.41) is 7.52. The van der Waals surface area contributed by atoms with Gasteiger partial charge in [0.2, 0.25) is 0 Å². The summed E-state index contributed by atoms with van der Waals surface area (Å²) in [5.41, 5.74) is 9.23. The third kappa shape index (κ3) is 5.95. The van der Waals surface area contributed by atoms with Gasteiger partial charge < -0.3 is 20.7 Å². The average Bonchev–Trinajstić information content (AvgIpc) is 3.43. The first-order chi connectivity index (χ1) is 14.8. The van der Waals surface area contributed by atoms with Crippen LogP contribution in [0, 0.1) is 0 Å². The van der Waals surface area contributed by atoms with Crippen LogP contribution in [0.1, 0.15) is 39.2 Å². The molecule has 1 saturated heterocycles. The zero-order valence-corrected chi connectivity index (χ0v) is 18.8. The van der Waals surface area contributed by atoms with E-state index in [1.807, 2.05) is 74.9 Å². The molecular formula is C23H32N6O2. The van der Waals surface area contributed by atoms with Gasteiger partial charge in [-0.25, -0.2) is 14.3 Å². The summed E-state index contributed by atoms with van der Waals surface area (Å²) in [5.74, 6) is 0.810. The number of fused-ring (bicyclic) bond motifs is 1. The number of amides is 1. The Balaban J connectivity index is 0.000000196. The minimum absolute atomic E-state index is 0.167. The van der Waals surface area contributed by atoms with Gasteiger partial charge in [-0.2, -0.15) is 0 Å².